The van der Waals surface area contributed by atoms with Gasteiger partial charge in [-0.3, -0.25) is 0 Å². The van der Waals surface area contributed by atoms with Crippen LogP contribution in [0.2, 0.25) is 25.7 Å². The molecular weight excluding hydrogens is 364 g/mol. The fourth-order valence-corrected chi connectivity index (χ4v) is 3.35. The van der Waals surface area contributed by atoms with Crippen molar-refractivity contribution in [2.45, 2.75) is 32.4 Å². The van der Waals surface area contributed by atoms with Gasteiger partial charge in [-0.25, -0.2) is 9.78 Å². The Morgan fingerprint density at radius 2 is 2.14 bits per heavy atom. The van der Waals surface area contributed by atoms with Gasteiger partial charge in [0.15, 0.2) is 0 Å². The summed E-state index contributed by atoms with van der Waals surface area (Å²) in [4.78, 5) is 16.3. The van der Waals surface area contributed by atoms with Gasteiger partial charge in [0.1, 0.15) is 12.4 Å². The number of hydrogen-bond donors (Lipinski definition) is 0. The number of carbonyl (C=O) groups is 1. The minimum Gasteiger partial charge on any atom is -0.465 e. The number of fused-ring (bicyclic) bond motifs is 1. The minimum atomic E-state index is -1.11. The van der Waals surface area contributed by atoms with Crippen LogP contribution in [0.5, 0.6) is 0 Å². The largest absolute Gasteiger partial charge is 0.465 e. The zero-order valence-electron chi connectivity index (χ0n) is 13.4. The second-order valence-electron chi connectivity index (χ2n) is 6.34. The molecule has 0 spiro atoms. The van der Waals surface area contributed by atoms with Crippen LogP contribution in [0, 0.1) is 0 Å². The summed E-state index contributed by atoms with van der Waals surface area (Å²) < 4.78 is 13.3. The first-order valence-corrected chi connectivity index (χ1v) is 11.6. The highest BCUT2D eigenvalue weighted by molar-refractivity contribution is 9.10. The smallest absolute Gasteiger partial charge is 0.340 e. The van der Waals surface area contributed by atoms with Gasteiger partial charge < -0.3 is 14.0 Å². The number of ether oxygens (including phenoxy) is 2. The fraction of sp³-hybridized carbons (Fsp3) is 0.467. The molecule has 2 aromatic heterocycles. The van der Waals surface area contributed by atoms with Gasteiger partial charge in [-0.05, 0) is 28.0 Å². The topological polar surface area (TPSA) is 53.4 Å². The number of pyridine rings is 1. The van der Waals surface area contributed by atoms with Crippen LogP contribution in [0.15, 0.2) is 22.9 Å². The molecule has 0 amide bonds. The fourth-order valence-electron chi connectivity index (χ4n) is 2.08. The number of methoxy groups -OCH3 is 1. The zero-order chi connectivity index (χ0) is 16.3. The van der Waals surface area contributed by atoms with E-state index in [0.717, 1.165) is 22.5 Å². The minimum absolute atomic E-state index is 0.375. The highest BCUT2D eigenvalue weighted by atomic mass is 79.9. The normalized spacial score (nSPS) is 11.9. The summed E-state index contributed by atoms with van der Waals surface area (Å²) in [6, 6.07) is 2.92. The second kappa shape index (κ2) is 6.93. The molecule has 0 atom stereocenters. The molecule has 0 saturated heterocycles. The lowest BCUT2D eigenvalue weighted by atomic mass is 10.2. The average molecular weight is 385 g/mol. The van der Waals surface area contributed by atoms with Crippen LogP contribution in [0.3, 0.4) is 0 Å². The Labute approximate surface area is 139 Å². The predicted molar refractivity (Wildman–Crippen MR) is 92.9 cm³/mol. The number of carbonyl (C=O) groups excluding carboxylic acids is 1. The third-order valence-corrected chi connectivity index (χ3v) is 5.70. The molecule has 0 bridgehead atoms. The predicted octanol–water partition coefficient (Wildman–Crippen LogP) is 3.90. The molecular formula is C15H21BrN2O3Si. The summed E-state index contributed by atoms with van der Waals surface area (Å²) >= 11 is 3.47. The third-order valence-electron chi connectivity index (χ3n) is 3.34. The van der Waals surface area contributed by atoms with Gasteiger partial charge >= 0.3 is 5.97 Å². The van der Waals surface area contributed by atoms with Gasteiger partial charge in [-0.15, -0.1) is 0 Å². The molecule has 0 aliphatic carbocycles. The Morgan fingerprint density at radius 3 is 2.77 bits per heavy atom. The highest BCUT2D eigenvalue weighted by Gasteiger charge is 2.19. The molecule has 0 fully saturated rings. The van der Waals surface area contributed by atoms with E-state index in [1.807, 2.05) is 10.6 Å². The Hall–Kier alpha value is -1.18. The molecule has 22 heavy (non-hydrogen) atoms. The van der Waals surface area contributed by atoms with Crippen LogP contribution >= 0.6 is 15.9 Å². The van der Waals surface area contributed by atoms with E-state index >= 15 is 0 Å². The Balaban J connectivity index is 2.23. The Bertz CT molecular complexity index is 679. The molecule has 5 nitrogen and oxygen atoms in total. The Morgan fingerprint density at radius 1 is 1.41 bits per heavy atom. The van der Waals surface area contributed by atoms with Crippen molar-refractivity contribution in [2.24, 2.45) is 0 Å². The molecule has 0 aliphatic heterocycles. The molecule has 0 N–H and O–H groups in total. The molecule has 0 radical (unpaired) electrons. The molecule has 0 saturated carbocycles. The maximum absolute atomic E-state index is 11.9. The summed E-state index contributed by atoms with van der Waals surface area (Å²) in [6.07, 6.45) is 3.44. The monoisotopic (exact) mass is 384 g/mol. The van der Waals surface area contributed by atoms with Crippen molar-refractivity contribution < 1.29 is 14.3 Å². The maximum atomic E-state index is 11.9. The third kappa shape index (κ3) is 3.96. The van der Waals surface area contributed by atoms with E-state index in [2.05, 4.69) is 40.6 Å². The lowest BCUT2D eigenvalue weighted by Crippen LogP contribution is -2.22. The molecule has 7 heteroatoms. The van der Waals surface area contributed by atoms with Gasteiger partial charge in [0.25, 0.3) is 0 Å². The molecule has 2 rings (SSSR count). The number of halogens is 1. The number of esters is 1. The molecule has 0 unspecified atom stereocenters. The second-order valence-corrected chi connectivity index (χ2v) is 12.8. The van der Waals surface area contributed by atoms with Crippen LogP contribution in [-0.4, -0.2) is 37.3 Å². The van der Waals surface area contributed by atoms with Crippen molar-refractivity contribution >= 4 is 41.0 Å². The van der Waals surface area contributed by atoms with Gasteiger partial charge in [0.2, 0.25) is 0 Å². The number of hydrogen-bond acceptors (Lipinski definition) is 4. The van der Waals surface area contributed by atoms with Gasteiger partial charge in [-0.1, -0.05) is 19.6 Å². The van der Waals surface area contributed by atoms with Crippen molar-refractivity contribution in [1.29, 1.82) is 0 Å². The van der Waals surface area contributed by atoms with Crippen molar-refractivity contribution in [3.05, 3.63) is 28.5 Å². The zero-order valence-corrected chi connectivity index (χ0v) is 15.9. The van der Waals surface area contributed by atoms with Crippen LogP contribution in [0.4, 0.5) is 0 Å². The summed E-state index contributed by atoms with van der Waals surface area (Å²) in [5.74, 6) is -0.375. The van der Waals surface area contributed by atoms with Gasteiger partial charge in [0, 0.05) is 36.9 Å². The van der Waals surface area contributed by atoms with E-state index in [-0.39, 0.29) is 5.97 Å². The summed E-state index contributed by atoms with van der Waals surface area (Å²) in [5.41, 5.74) is 1.20. The summed E-state index contributed by atoms with van der Waals surface area (Å²) in [7, 11) is 0.267. The van der Waals surface area contributed by atoms with Crippen LogP contribution in [0.25, 0.3) is 11.0 Å². The number of rotatable bonds is 6. The van der Waals surface area contributed by atoms with Crippen molar-refractivity contribution in [3.8, 4) is 0 Å². The standard InChI is InChI=1S/C15H21BrN2O3Si/c1-20-15(19)11-9-18(10-21-7-8-22(2,3)4)14-13(11)12(16)5-6-17-14/h5-6,9H,7-8,10H2,1-4H3. The Kier molecular flexibility index (Phi) is 5.41. The maximum Gasteiger partial charge on any atom is 0.340 e. The lowest BCUT2D eigenvalue weighted by Gasteiger charge is -2.15. The lowest BCUT2D eigenvalue weighted by molar-refractivity contribution is 0.0601. The SMILES string of the molecule is COC(=O)c1cn(COCC[Si](C)(C)C)c2nccc(Br)c12. The first-order valence-electron chi connectivity index (χ1n) is 7.13. The first-order chi connectivity index (χ1) is 10.3. The number of nitrogens with zero attached hydrogens (tertiary/aromatic N) is 2. The van der Waals surface area contributed by atoms with E-state index in [1.54, 1.807) is 12.4 Å². The number of aromatic nitrogens is 2. The summed E-state index contributed by atoms with van der Waals surface area (Å²) in [6.45, 7) is 8.04. The first kappa shape index (κ1) is 17.2. The van der Waals surface area contributed by atoms with Crippen molar-refractivity contribution in [3.63, 3.8) is 0 Å². The summed E-state index contributed by atoms with van der Waals surface area (Å²) in [5, 5.41) is 0.753. The van der Waals surface area contributed by atoms with E-state index < -0.39 is 8.07 Å². The molecule has 0 aliphatic rings. The van der Waals surface area contributed by atoms with Crippen LogP contribution in [-0.2, 0) is 16.2 Å². The van der Waals surface area contributed by atoms with Crippen LogP contribution in [0.1, 0.15) is 10.4 Å². The highest BCUT2D eigenvalue weighted by Crippen LogP contribution is 2.28. The van der Waals surface area contributed by atoms with E-state index in [9.17, 15) is 4.79 Å². The van der Waals surface area contributed by atoms with Gasteiger partial charge in [-0.2, -0.15) is 0 Å². The molecule has 0 aromatic carbocycles. The van der Waals surface area contributed by atoms with E-state index in [1.165, 1.54) is 7.11 Å². The molecule has 120 valence electrons. The van der Waals surface area contributed by atoms with Crippen molar-refractivity contribution in [2.75, 3.05) is 13.7 Å². The van der Waals surface area contributed by atoms with Crippen LogP contribution < -0.4 is 0 Å². The molecule has 2 heterocycles. The average Bonchev–Trinajstić information content (AvgIpc) is 2.82. The molecule has 2 aromatic rings. The quantitative estimate of drug-likeness (QED) is 0.430. The van der Waals surface area contributed by atoms with E-state index in [0.29, 0.717) is 17.9 Å². The van der Waals surface area contributed by atoms with Gasteiger partial charge in [0.05, 0.1) is 12.7 Å². The van der Waals surface area contributed by atoms with E-state index in [4.69, 9.17) is 9.47 Å². The van der Waals surface area contributed by atoms with Crippen molar-refractivity contribution in [1.82, 2.24) is 9.55 Å².